The molecule has 0 bridgehead atoms. The third kappa shape index (κ3) is 8.25. The van der Waals surface area contributed by atoms with Crippen LogP contribution in [0.15, 0.2) is 47.5 Å². The molecule has 1 atom stereocenters. The summed E-state index contributed by atoms with van der Waals surface area (Å²) >= 11 is 0. The van der Waals surface area contributed by atoms with E-state index < -0.39 is 11.6 Å². The van der Waals surface area contributed by atoms with Crippen molar-refractivity contribution >= 4 is 35.8 Å². The molecule has 0 aliphatic rings. The van der Waals surface area contributed by atoms with Crippen molar-refractivity contribution in [2.45, 2.75) is 46.3 Å². The highest BCUT2D eigenvalue weighted by molar-refractivity contribution is 14.0. The molecule has 0 saturated heterocycles. The van der Waals surface area contributed by atoms with Gasteiger partial charge in [0.2, 0.25) is 0 Å². The zero-order valence-corrected chi connectivity index (χ0v) is 19.8. The maximum Gasteiger partial charge on any atom is 0.251 e. The van der Waals surface area contributed by atoms with Gasteiger partial charge < -0.3 is 16.0 Å². The molecule has 5 nitrogen and oxygen atoms in total. The van der Waals surface area contributed by atoms with Crippen LogP contribution in [0.4, 0.5) is 8.78 Å². The fourth-order valence-electron chi connectivity index (χ4n) is 2.59. The summed E-state index contributed by atoms with van der Waals surface area (Å²) in [6.45, 7) is 6.95. The molecule has 2 aromatic carbocycles. The highest BCUT2D eigenvalue weighted by Crippen LogP contribution is 2.10. The number of amides is 1. The molecular weight excluding hydrogens is 501 g/mol. The van der Waals surface area contributed by atoms with Crippen molar-refractivity contribution in [1.82, 2.24) is 16.0 Å². The van der Waals surface area contributed by atoms with Crippen molar-refractivity contribution in [2.24, 2.45) is 4.99 Å². The lowest BCUT2D eigenvalue weighted by Crippen LogP contribution is -2.37. The molecule has 0 radical (unpaired) electrons. The quantitative estimate of drug-likeness (QED) is 0.270. The largest absolute Gasteiger partial charge is 0.357 e. The van der Waals surface area contributed by atoms with E-state index in [4.69, 9.17) is 0 Å². The Kier molecular flexibility index (Phi) is 11.3. The van der Waals surface area contributed by atoms with Crippen molar-refractivity contribution in [3.8, 4) is 0 Å². The van der Waals surface area contributed by atoms with Crippen LogP contribution < -0.4 is 16.0 Å². The Hall–Kier alpha value is -2.23. The summed E-state index contributed by atoms with van der Waals surface area (Å²) in [6, 6.07) is 10.7. The lowest BCUT2D eigenvalue weighted by Gasteiger charge is -2.13. The van der Waals surface area contributed by atoms with E-state index in [9.17, 15) is 13.6 Å². The lowest BCUT2D eigenvalue weighted by molar-refractivity contribution is 0.0939. The first-order valence-electron chi connectivity index (χ1n) is 9.78. The van der Waals surface area contributed by atoms with Crippen molar-refractivity contribution in [2.75, 3.05) is 6.54 Å². The number of carbonyl (C=O) groups excluding carboxylic acids is 1. The molecule has 1 amide bonds. The zero-order chi connectivity index (χ0) is 21.2. The van der Waals surface area contributed by atoms with Gasteiger partial charge in [0.05, 0.1) is 6.54 Å². The molecule has 2 aromatic rings. The maximum atomic E-state index is 13.8. The van der Waals surface area contributed by atoms with E-state index in [1.807, 2.05) is 32.9 Å². The van der Waals surface area contributed by atoms with Crippen LogP contribution in [-0.2, 0) is 13.1 Å². The summed E-state index contributed by atoms with van der Waals surface area (Å²) < 4.78 is 27.1. The van der Waals surface area contributed by atoms with Crippen LogP contribution in [0, 0.1) is 11.6 Å². The Morgan fingerprint density at radius 3 is 2.57 bits per heavy atom. The average molecular weight is 530 g/mol. The molecule has 2 rings (SSSR count). The van der Waals surface area contributed by atoms with Crippen LogP contribution in [0.5, 0.6) is 0 Å². The molecule has 3 N–H and O–H groups in total. The van der Waals surface area contributed by atoms with Gasteiger partial charge in [0.25, 0.3) is 5.91 Å². The number of rotatable bonds is 8. The Labute approximate surface area is 193 Å². The van der Waals surface area contributed by atoms with Gasteiger partial charge in [-0.2, -0.15) is 0 Å². The molecule has 0 fully saturated rings. The molecule has 0 aliphatic carbocycles. The average Bonchev–Trinajstić information content (AvgIpc) is 2.72. The Morgan fingerprint density at radius 2 is 1.87 bits per heavy atom. The number of hydrogen-bond donors (Lipinski definition) is 3. The molecule has 0 spiro atoms. The van der Waals surface area contributed by atoms with Gasteiger partial charge in [0, 0.05) is 30.3 Å². The summed E-state index contributed by atoms with van der Waals surface area (Å²) in [7, 11) is 0. The predicted octanol–water partition coefficient (Wildman–Crippen LogP) is 4.37. The van der Waals surface area contributed by atoms with E-state index in [0.29, 0.717) is 24.6 Å². The fraction of sp³-hybridized carbons (Fsp3) is 0.364. The van der Waals surface area contributed by atoms with Gasteiger partial charge >= 0.3 is 0 Å². The number of aliphatic imine (C=N–C) groups is 1. The maximum absolute atomic E-state index is 13.8. The number of hydrogen-bond acceptors (Lipinski definition) is 2. The molecule has 30 heavy (non-hydrogen) atoms. The minimum Gasteiger partial charge on any atom is -0.357 e. The molecule has 0 aromatic heterocycles. The Bertz CT molecular complexity index is 861. The smallest absolute Gasteiger partial charge is 0.251 e. The van der Waals surface area contributed by atoms with E-state index in [-0.39, 0.29) is 48.0 Å². The number of nitrogens with zero attached hydrogens (tertiary/aromatic N) is 1. The SMILES string of the molecule is CCNC(=NCc1cccc(C(=O)NC(C)CC)c1)NCc1cc(F)ccc1F.I. The highest BCUT2D eigenvalue weighted by atomic mass is 127. The monoisotopic (exact) mass is 530 g/mol. The lowest BCUT2D eigenvalue weighted by atomic mass is 10.1. The van der Waals surface area contributed by atoms with Crippen LogP contribution in [0.25, 0.3) is 0 Å². The molecule has 1 unspecified atom stereocenters. The summed E-state index contributed by atoms with van der Waals surface area (Å²) in [4.78, 5) is 16.8. The molecule has 164 valence electrons. The van der Waals surface area contributed by atoms with Gasteiger partial charge in [-0.05, 0) is 56.2 Å². The van der Waals surface area contributed by atoms with E-state index in [1.54, 1.807) is 12.1 Å². The fourth-order valence-corrected chi connectivity index (χ4v) is 2.59. The number of benzene rings is 2. The van der Waals surface area contributed by atoms with E-state index in [0.717, 1.165) is 30.2 Å². The zero-order valence-electron chi connectivity index (χ0n) is 17.5. The Balaban J connectivity index is 0.00000450. The Morgan fingerprint density at radius 1 is 1.10 bits per heavy atom. The van der Waals surface area contributed by atoms with Crippen molar-refractivity contribution < 1.29 is 13.6 Å². The van der Waals surface area contributed by atoms with Crippen molar-refractivity contribution in [1.29, 1.82) is 0 Å². The van der Waals surface area contributed by atoms with Gasteiger partial charge in [-0.25, -0.2) is 13.8 Å². The second kappa shape index (κ2) is 13.1. The van der Waals surface area contributed by atoms with E-state index in [2.05, 4.69) is 20.9 Å². The number of carbonyl (C=O) groups is 1. The number of nitrogens with one attached hydrogen (secondary N) is 3. The third-order valence-electron chi connectivity index (χ3n) is 4.40. The van der Waals surface area contributed by atoms with Gasteiger partial charge in [-0.1, -0.05) is 19.1 Å². The van der Waals surface area contributed by atoms with E-state index >= 15 is 0 Å². The minimum absolute atomic E-state index is 0. The standard InChI is InChI=1S/C22H28F2N4O.HI/c1-4-15(3)28-21(29)17-8-6-7-16(11-17)13-26-22(25-5-2)27-14-18-12-19(23)9-10-20(18)24;/h6-12,15H,4-5,13-14H2,1-3H3,(H,28,29)(H2,25,26,27);1H. The molecule has 0 heterocycles. The molecule has 0 aliphatic heterocycles. The summed E-state index contributed by atoms with van der Waals surface area (Å²) in [5.41, 5.74) is 1.67. The summed E-state index contributed by atoms with van der Waals surface area (Å²) in [5.74, 6) is -0.602. The summed E-state index contributed by atoms with van der Waals surface area (Å²) in [5, 5.41) is 9.01. The van der Waals surface area contributed by atoms with Crippen LogP contribution >= 0.6 is 24.0 Å². The normalized spacial score (nSPS) is 12.0. The molecule has 0 saturated carbocycles. The molecule has 8 heteroatoms. The third-order valence-corrected chi connectivity index (χ3v) is 4.40. The first-order valence-corrected chi connectivity index (χ1v) is 9.78. The predicted molar refractivity (Wildman–Crippen MR) is 127 cm³/mol. The van der Waals surface area contributed by atoms with Crippen LogP contribution in [0.2, 0.25) is 0 Å². The van der Waals surface area contributed by atoms with Gasteiger partial charge in [-0.15, -0.1) is 24.0 Å². The van der Waals surface area contributed by atoms with Gasteiger partial charge in [-0.3, -0.25) is 4.79 Å². The second-order valence-electron chi connectivity index (χ2n) is 6.77. The van der Waals surface area contributed by atoms with Crippen LogP contribution in [0.1, 0.15) is 48.7 Å². The first kappa shape index (κ1) is 25.8. The summed E-state index contributed by atoms with van der Waals surface area (Å²) in [6.07, 6.45) is 0.860. The minimum atomic E-state index is -0.488. The first-order chi connectivity index (χ1) is 13.9. The van der Waals surface area contributed by atoms with Gasteiger partial charge in [0.1, 0.15) is 11.6 Å². The van der Waals surface area contributed by atoms with Gasteiger partial charge in [0.15, 0.2) is 5.96 Å². The number of guanidine groups is 1. The number of halogens is 3. The van der Waals surface area contributed by atoms with E-state index in [1.165, 1.54) is 0 Å². The highest BCUT2D eigenvalue weighted by Gasteiger charge is 2.09. The second-order valence-corrected chi connectivity index (χ2v) is 6.77. The van der Waals surface area contributed by atoms with Crippen molar-refractivity contribution in [3.05, 3.63) is 70.8 Å². The van der Waals surface area contributed by atoms with Crippen molar-refractivity contribution in [3.63, 3.8) is 0 Å². The van der Waals surface area contributed by atoms with Crippen LogP contribution in [-0.4, -0.2) is 24.5 Å². The molecular formula is C22H29F2IN4O. The van der Waals surface area contributed by atoms with Crippen LogP contribution in [0.3, 0.4) is 0 Å². The topological polar surface area (TPSA) is 65.5 Å².